The van der Waals surface area contributed by atoms with E-state index in [0.29, 0.717) is 0 Å². The van der Waals surface area contributed by atoms with E-state index in [2.05, 4.69) is 13.5 Å². The highest BCUT2D eigenvalue weighted by Crippen LogP contribution is 2.42. The SMILES string of the molecule is C=C1CCC(CC2CCC2C)C1. The lowest BCUT2D eigenvalue weighted by atomic mass is 9.70. The van der Waals surface area contributed by atoms with Gasteiger partial charge in [-0.2, -0.15) is 0 Å². The standard InChI is InChI=1S/C12H20/c1-9-3-5-11(7-9)8-12-6-4-10(12)2/h10-12H,1,3-8H2,2H3. The average Bonchev–Trinajstić information content (AvgIpc) is 2.44. The van der Waals surface area contributed by atoms with Gasteiger partial charge >= 0.3 is 0 Å². The van der Waals surface area contributed by atoms with E-state index in [1.165, 1.54) is 44.1 Å². The maximum Gasteiger partial charge on any atom is -0.0294 e. The van der Waals surface area contributed by atoms with Crippen LogP contribution in [0.25, 0.3) is 0 Å². The highest BCUT2D eigenvalue weighted by Gasteiger charge is 2.30. The summed E-state index contributed by atoms with van der Waals surface area (Å²) in [6.45, 7) is 6.49. The second-order valence-corrected chi connectivity index (χ2v) is 4.91. The van der Waals surface area contributed by atoms with Crippen LogP contribution in [-0.2, 0) is 0 Å². The summed E-state index contributed by atoms with van der Waals surface area (Å²) in [5.74, 6) is 3.10. The molecule has 0 radical (unpaired) electrons. The molecule has 0 aliphatic heterocycles. The van der Waals surface area contributed by atoms with Gasteiger partial charge < -0.3 is 0 Å². The molecule has 68 valence electrons. The summed E-state index contributed by atoms with van der Waals surface area (Å²) in [7, 11) is 0. The fourth-order valence-corrected chi connectivity index (χ4v) is 2.74. The van der Waals surface area contributed by atoms with Crippen LogP contribution in [0, 0.1) is 17.8 Å². The van der Waals surface area contributed by atoms with Crippen molar-refractivity contribution in [3.05, 3.63) is 12.2 Å². The van der Waals surface area contributed by atoms with Gasteiger partial charge in [0.2, 0.25) is 0 Å². The number of hydrogen-bond acceptors (Lipinski definition) is 0. The van der Waals surface area contributed by atoms with Crippen LogP contribution < -0.4 is 0 Å². The van der Waals surface area contributed by atoms with E-state index in [-0.39, 0.29) is 0 Å². The summed E-state index contributed by atoms with van der Waals surface area (Å²) in [5, 5.41) is 0. The third-order valence-corrected chi connectivity index (χ3v) is 3.92. The maximum atomic E-state index is 4.07. The van der Waals surface area contributed by atoms with Crippen LogP contribution in [0.4, 0.5) is 0 Å². The highest BCUT2D eigenvalue weighted by atomic mass is 14.4. The van der Waals surface area contributed by atoms with Gasteiger partial charge in [-0.3, -0.25) is 0 Å². The zero-order chi connectivity index (χ0) is 8.55. The first-order valence-electron chi connectivity index (χ1n) is 5.42. The number of allylic oxidation sites excluding steroid dienone is 1. The van der Waals surface area contributed by atoms with Crippen LogP contribution in [0.1, 0.15) is 45.4 Å². The summed E-state index contributed by atoms with van der Waals surface area (Å²) < 4.78 is 0. The van der Waals surface area contributed by atoms with Crippen molar-refractivity contribution in [2.24, 2.45) is 17.8 Å². The zero-order valence-corrected chi connectivity index (χ0v) is 8.18. The Morgan fingerprint density at radius 2 is 2.17 bits per heavy atom. The fourth-order valence-electron chi connectivity index (χ4n) is 2.74. The molecule has 3 atom stereocenters. The minimum absolute atomic E-state index is 1.00. The van der Waals surface area contributed by atoms with Crippen molar-refractivity contribution >= 4 is 0 Å². The van der Waals surface area contributed by atoms with E-state index in [0.717, 1.165) is 17.8 Å². The first-order chi connectivity index (χ1) is 5.75. The second-order valence-electron chi connectivity index (χ2n) is 4.91. The molecule has 3 unspecified atom stereocenters. The highest BCUT2D eigenvalue weighted by molar-refractivity contribution is 5.02. The lowest BCUT2D eigenvalue weighted by Gasteiger charge is -2.35. The molecular weight excluding hydrogens is 144 g/mol. The molecule has 12 heavy (non-hydrogen) atoms. The van der Waals surface area contributed by atoms with Crippen molar-refractivity contribution in [2.45, 2.75) is 45.4 Å². The molecule has 0 saturated heterocycles. The van der Waals surface area contributed by atoms with Crippen molar-refractivity contribution in [3.8, 4) is 0 Å². The normalized spacial score (nSPS) is 41.4. The predicted molar refractivity (Wildman–Crippen MR) is 53.0 cm³/mol. The molecule has 2 fully saturated rings. The molecule has 0 heterocycles. The molecule has 0 N–H and O–H groups in total. The largest absolute Gasteiger partial charge is 0.0999 e. The molecule has 0 aromatic rings. The Kier molecular flexibility index (Phi) is 2.25. The third kappa shape index (κ3) is 1.57. The summed E-state index contributed by atoms with van der Waals surface area (Å²) in [6.07, 6.45) is 8.57. The first-order valence-corrected chi connectivity index (χ1v) is 5.42. The van der Waals surface area contributed by atoms with Crippen molar-refractivity contribution < 1.29 is 0 Å². The lowest BCUT2D eigenvalue weighted by molar-refractivity contribution is 0.158. The summed E-state index contributed by atoms with van der Waals surface area (Å²) in [4.78, 5) is 0. The Morgan fingerprint density at radius 3 is 2.58 bits per heavy atom. The Labute approximate surface area is 76.1 Å². The van der Waals surface area contributed by atoms with Gasteiger partial charge in [0.05, 0.1) is 0 Å². The van der Waals surface area contributed by atoms with Crippen LogP contribution in [0.5, 0.6) is 0 Å². The molecule has 0 aromatic heterocycles. The minimum Gasteiger partial charge on any atom is -0.0999 e. The number of rotatable bonds is 2. The number of hydrogen-bond donors (Lipinski definition) is 0. The fraction of sp³-hybridized carbons (Fsp3) is 0.833. The van der Waals surface area contributed by atoms with E-state index in [4.69, 9.17) is 0 Å². The molecule has 2 rings (SSSR count). The second kappa shape index (κ2) is 3.24. The Morgan fingerprint density at radius 1 is 1.33 bits per heavy atom. The molecule has 0 amide bonds. The summed E-state index contributed by atoms with van der Waals surface area (Å²) >= 11 is 0. The lowest BCUT2D eigenvalue weighted by Crippen LogP contribution is -2.24. The molecular formula is C12H20. The summed E-state index contributed by atoms with van der Waals surface area (Å²) in [5.41, 5.74) is 1.51. The minimum atomic E-state index is 1.00. The topological polar surface area (TPSA) is 0 Å². The van der Waals surface area contributed by atoms with Gasteiger partial charge in [-0.15, -0.1) is 0 Å². The van der Waals surface area contributed by atoms with Gasteiger partial charge in [-0.05, 0) is 49.9 Å². The molecule has 0 spiro atoms. The average molecular weight is 164 g/mol. The molecule has 2 saturated carbocycles. The monoisotopic (exact) mass is 164 g/mol. The maximum absolute atomic E-state index is 4.07. The predicted octanol–water partition coefficient (Wildman–Crippen LogP) is 3.78. The molecule has 0 aromatic carbocycles. The van der Waals surface area contributed by atoms with E-state index < -0.39 is 0 Å². The Bertz CT molecular complexity index is 180. The molecule has 2 aliphatic rings. The van der Waals surface area contributed by atoms with Crippen LogP contribution in [-0.4, -0.2) is 0 Å². The first kappa shape index (κ1) is 8.34. The molecule has 0 bridgehead atoms. The quantitative estimate of drug-likeness (QED) is 0.545. The molecule has 2 aliphatic carbocycles. The van der Waals surface area contributed by atoms with Crippen LogP contribution in [0.2, 0.25) is 0 Å². The van der Waals surface area contributed by atoms with Gasteiger partial charge in [0.25, 0.3) is 0 Å². The van der Waals surface area contributed by atoms with Crippen molar-refractivity contribution in [3.63, 3.8) is 0 Å². The van der Waals surface area contributed by atoms with Crippen LogP contribution in [0.15, 0.2) is 12.2 Å². The van der Waals surface area contributed by atoms with Gasteiger partial charge in [-0.25, -0.2) is 0 Å². The van der Waals surface area contributed by atoms with E-state index in [1.54, 1.807) is 0 Å². The van der Waals surface area contributed by atoms with Crippen LogP contribution >= 0.6 is 0 Å². The van der Waals surface area contributed by atoms with Gasteiger partial charge in [0.1, 0.15) is 0 Å². The molecule has 0 heteroatoms. The molecule has 0 nitrogen and oxygen atoms in total. The van der Waals surface area contributed by atoms with Gasteiger partial charge in [0, 0.05) is 0 Å². The van der Waals surface area contributed by atoms with Crippen molar-refractivity contribution in [1.82, 2.24) is 0 Å². The Balaban J connectivity index is 1.76. The van der Waals surface area contributed by atoms with Crippen molar-refractivity contribution in [2.75, 3.05) is 0 Å². The van der Waals surface area contributed by atoms with Crippen molar-refractivity contribution in [1.29, 1.82) is 0 Å². The van der Waals surface area contributed by atoms with Crippen LogP contribution in [0.3, 0.4) is 0 Å². The smallest absolute Gasteiger partial charge is 0.0294 e. The zero-order valence-electron chi connectivity index (χ0n) is 8.18. The van der Waals surface area contributed by atoms with E-state index in [9.17, 15) is 0 Å². The van der Waals surface area contributed by atoms with Gasteiger partial charge in [-0.1, -0.05) is 25.5 Å². The van der Waals surface area contributed by atoms with E-state index >= 15 is 0 Å². The van der Waals surface area contributed by atoms with E-state index in [1.807, 2.05) is 0 Å². The van der Waals surface area contributed by atoms with Gasteiger partial charge in [0.15, 0.2) is 0 Å². The third-order valence-electron chi connectivity index (χ3n) is 3.92. The summed E-state index contributed by atoms with van der Waals surface area (Å²) in [6, 6.07) is 0. The Hall–Kier alpha value is -0.260.